The average Bonchev–Trinajstić information content (AvgIpc) is 2.11. The zero-order chi connectivity index (χ0) is 9.84. The Labute approximate surface area is 81.4 Å². The van der Waals surface area contributed by atoms with Crippen molar-refractivity contribution in [1.82, 2.24) is 0 Å². The highest BCUT2D eigenvalue weighted by atomic mass is 35.5. The van der Waals surface area contributed by atoms with Gasteiger partial charge in [0.05, 0.1) is 13.5 Å². The molecule has 0 aliphatic heterocycles. The second-order valence-electron chi connectivity index (χ2n) is 2.60. The number of hydrogen-bond acceptors (Lipinski definition) is 3. The van der Waals surface area contributed by atoms with Crippen LogP contribution >= 0.6 is 11.6 Å². The summed E-state index contributed by atoms with van der Waals surface area (Å²) in [6.45, 7) is 0. The van der Waals surface area contributed by atoms with Gasteiger partial charge in [0, 0.05) is 10.7 Å². The molecule has 1 aromatic carbocycles. The van der Waals surface area contributed by atoms with E-state index in [-0.39, 0.29) is 12.4 Å². The van der Waals surface area contributed by atoms with Crippen LogP contribution in [0.3, 0.4) is 0 Å². The van der Waals surface area contributed by atoms with Gasteiger partial charge in [-0.2, -0.15) is 0 Å². The molecule has 0 spiro atoms. The maximum Gasteiger partial charge on any atom is 0.310 e. The second-order valence-corrected chi connectivity index (χ2v) is 3.03. The molecule has 0 saturated heterocycles. The smallest absolute Gasteiger partial charge is 0.310 e. The number of carbonyl (C=O) groups excluding carboxylic acids is 1. The van der Waals surface area contributed by atoms with Crippen LogP contribution in [0, 0.1) is 0 Å². The number of nitrogens with two attached hydrogens (primary N) is 1. The van der Waals surface area contributed by atoms with Gasteiger partial charge >= 0.3 is 5.97 Å². The number of halogens is 1. The standard InChI is InChI=1S/C9H10ClNO2/c1-13-9(12)5-6-4-7(10)2-3-8(6)11/h2-4H,5,11H2,1H3. The minimum absolute atomic E-state index is 0.156. The van der Waals surface area contributed by atoms with Crippen LogP contribution in [0.2, 0.25) is 5.02 Å². The Balaban J connectivity index is 2.87. The lowest BCUT2D eigenvalue weighted by Gasteiger charge is -2.04. The fourth-order valence-corrected chi connectivity index (χ4v) is 1.15. The van der Waals surface area contributed by atoms with Gasteiger partial charge in [-0.05, 0) is 23.8 Å². The van der Waals surface area contributed by atoms with Gasteiger partial charge in [-0.1, -0.05) is 11.6 Å². The number of methoxy groups -OCH3 is 1. The molecule has 4 heteroatoms. The van der Waals surface area contributed by atoms with E-state index in [4.69, 9.17) is 17.3 Å². The highest BCUT2D eigenvalue weighted by Crippen LogP contribution is 2.18. The number of carbonyl (C=O) groups is 1. The van der Waals surface area contributed by atoms with Crippen LogP contribution in [0.1, 0.15) is 5.56 Å². The Bertz CT molecular complexity index is 325. The first-order valence-corrected chi connectivity index (χ1v) is 4.12. The number of hydrogen-bond donors (Lipinski definition) is 1. The van der Waals surface area contributed by atoms with Crippen molar-refractivity contribution in [3.8, 4) is 0 Å². The summed E-state index contributed by atoms with van der Waals surface area (Å²) in [5.41, 5.74) is 6.87. The van der Waals surface area contributed by atoms with E-state index in [0.717, 1.165) is 0 Å². The first-order chi connectivity index (χ1) is 6.13. The molecule has 0 aromatic heterocycles. The largest absolute Gasteiger partial charge is 0.469 e. The topological polar surface area (TPSA) is 52.3 Å². The molecule has 0 fully saturated rings. The number of esters is 1. The van der Waals surface area contributed by atoms with Gasteiger partial charge < -0.3 is 10.5 Å². The van der Waals surface area contributed by atoms with Crippen LogP contribution < -0.4 is 5.73 Å². The van der Waals surface area contributed by atoms with Crippen molar-refractivity contribution in [2.75, 3.05) is 12.8 Å². The molecule has 0 amide bonds. The van der Waals surface area contributed by atoms with Gasteiger partial charge in [0.15, 0.2) is 0 Å². The van der Waals surface area contributed by atoms with Crippen molar-refractivity contribution in [3.05, 3.63) is 28.8 Å². The number of benzene rings is 1. The summed E-state index contributed by atoms with van der Waals surface area (Å²) >= 11 is 5.74. The van der Waals surface area contributed by atoms with Crippen molar-refractivity contribution in [3.63, 3.8) is 0 Å². The van der Waals surface area contributed by atoms with E-state index in [9.17, 15) is 4.79 Å². The van der Waals surface area contributed by atoms with E-state index in [0.29, 0.717) is 16.3 Å². The second kappa shape index (κ2) is 4.14. The molecule has 0 aliphatic rings. The molecule has 1 aromatic rings. The Morgan fingerprint density at radius 2 is 2.31 bits per heavy atom. The third-order valence-corrected chi connectivity index (χ3v) is 1.90. The summed E-state index contributed by atoms with van der Waals surface area (Å²) in [6.07, 6.45) is 0.156. The fraction of sp³-hybridized carbons (Fsp3) is 0.222. The quantitative estimate of drug-likeness (QED) is 0.582. The van der Waals surface area contributed by atoms with Crippen LogP contribution in [0.25, 0.3) is 0 Å². The number of ether oxygens (including phenoxy) is 1. The van der Waals surface area contributed by atoms with E-state index >= 15 is 0 Å². The molecule has 13 heavy (non-hydrogen) atoms. The lowest BCUT2D eigenvalue weighted by molar-refractivity contribution is -0.139. The molecule has 0 heterocycles. The maximum atomic E-state index is 10.9. The van der Waals surface area contributed by atoms with E-state index < -0.39 is 0 Å². The molecular formula is C9H10ClNO2. The van der Waals surface area contributed by atoms with Gasteiger partial charge in [-0.15, -0.1) is 0 Å². The summed E-state index contributed by atoms with van der Waals surface area (Å²) in [7, 11) is 1.34. The lowest BCUT2D eigenvalue weighted by atomic mass is 10.1. The maximum absolute atomic E-state index is 10.9. The van der Waals surface area contributed by atoms with E-state index in [1.165, 1.54) is 7.11 Å². The molecule has 0 saturated carbocycles. The molecule has 0 aliphatic carbocycles. The van der Waals surface area contributed by atoms with Crippen molar-refractivity contribution >= 4 is 23.3 Å². The molecule has 0 bridgehead atoms. The molecule has 0 atom stereocenters. The predicted molar refractivity (Wildman–Crippen MR) is 51.6 cm³/mol. The van der Waals surface area contributed by atoms with Crippen molar-refractivity contribution in [2.45, 2.75) is 6.42 Å². The average molecular weight is 200 g/mol. The SMILES string of the molecule is COC(=O)Cc1cc(Cl)ccc1N. The summed E-state index contributed by atoms with van der Waals surface area (Å²) < 4.78 is 4.51. The predicted octanol–water partition coefficient (Wildman–Crippen LogP) is 1.64. The van der Waals surface area contributed by atoms with Gasteiger partial charge in [-0.3, -0.25) is 4.79 Å². The summed E-state index contributed by atoms with van der Waals surface area (Å²) in [4.78, 5) is 10.9. The van der Waals surface area contributed by atoms with Crippen LogP contribution in [0.4, 0.5) is 5.69 Å². The van der Waals surface area contributed by atoms with Crippen molar-refractivity contribution in [1.29, 1.82) is 0 Å². The van der Waals surface area contributed by atoms with Gasteiger partial charge in [0.25, 0.3) is 0 Å². The molecule has 0 unspecified atom stereocenters. The van der Waals surface area contributed by atoms with Crippen molar-refractivity contribution < 1.29 is 9.53 Å². The molecule has 3 nitrogen and oxygen atoms in total. The number of anilines is 1. The first-order valence-electron chi connectivity index (χ1n) is 3.74. The van der Waals surface area contributed by atoms with Gasteiger partial charge in [0.2, 0.25) is 0 Å². The normalized spacial score (nSPS) is 9.69. The van der Waals surface area contributed by atoms with Gasteiger partial charge in [-0.25, -0.2) is 0 Å². The van der Waals surface area contributed by atoms with E-state index in [1.807, 2.05) is 0 Å². The number of rotatable bonds is 2. The van der Waals surface area contributed by atoms with E-state index in [2.05, 4.69) is 4.74 Å². The van der Waals surface area contributed by atoms with Crippen molar-refractivity contribution in [2.24, 2.45) is 0 Å². The van der Waals surface area contributed by atoms with Crippen LogP contribution in [0.5, 0.6) is 0 Å². The molecular weight excluding hydrogens is 190 g/mol. The zero-order valence-electron chi connectivity index (χ0n) is 7.21. The zero-order valence-corrected chi connectivity index (χ0v) is 7.97. The Hall–Kier alpha value is -1.22. The highest BCUT2D eigenvalue weighted by Gasteiger charge is 2.06. The fourth-order valence-electron chi connectivity index (χ4n) is 0.955. The first kappa shape index (κ1) is 9.86. The Morgan fingerprint density at radius 3 is 2.92 bits per heavy atom. The van der Waals surface area contributed by atoms with Crippen LogP contribution in [-0.4, -0.2) is 13.1 Å². The molecule has 1 rings (SSSR count). The summed E-state index contributed by atoms with van der Waals surface area (Å²) in [5, 5.41) is 0.563. The summed E-state index contributed by atoms with van der Waals surface area (Å²) in [6, 6.07) is 5.01. The van der Waals surface area contributed by atoms with Crippen LogP contribution in [0.15, 0.2) is 18.2 Å². The lowest BCUT2D eigenvalue weighted by Crippen LogP contribution is -2.06. The molecule has 0 radical (unpaired) electrons. The molecule has 2 N–H and O–H groups in total. The third kappa shape index (κ3) is 2.63. The third-order valence-electron chi connectivity index (χ3n) is 1.67. The Kier molecular flexibility index (Phi) is 3.14. The summed E-state index contributed by atoms with van der Waals surface area (Å²) in [5.74, 6) is -0.325. The number of nitrogen functional groups attached to an aromatic ring is 1. The van der Waals surface area contributed by atoms with Gasteiger partial charge in [0.1, 0.15) is 0 Å². The molecule has 70 valence electrons. The Morgan fingerprint density at radius 1 is 1.62 bits per heavy atom. The minimum atomic E-state index is -0.325. The highest BCUT2D eigenvalue weighted by molar-refractivity contribution is 6.30. The minimum Gasteiger partial charge on any atom is -0.469 e. The monoisotopic (exact) mass is 199 g/mol. The van der Waals surface area contributed by atoms with Crippen LogP contribution in [-0.2, 0) is 16.0 Å². The van der Waals surface area contributed by atoms with E-state index in [1.54, 1.807) is 18.2 Å².